The van der Waals surface area contributed by atoms with Crippen LogP contribution < -0.4 is 5.32 Å². The Morgan fingerprint density at radius 2 is 2.28 bits per heavy atom. The van der Waals surface area contributed by atoms with Gasteiger partial charge in [-0.1, -0.05) is 0 Å². The van der Waals surface area contributed by atoms with E-state index in [1.807, 2.05) is 0 Å². The molecular weight excluding hydrogens is 240 g/mol. The number of hydrogen-bond acceptors (Lipinski definition) is 5. The average Bonchev–Trinajstić information content (AvgIpc) is 2.84. The number of carbonyl (C=O) groups excluding carboxylic acids is 1. The van der Waals surface area contributed by atoms with Crippen molar-refractivity contribution in [3.8, 4) is 5.75 Å². The molecule has 0 atom stereocenters. The van der Waals surface area contributed by atoms with Crippen molar-refractivity contribution in [1.82, 2.24) is 10.2 Å². The van der Waals surface area contributed by atoms with E-state index in [-0.39, 0.29) is 22.7 Å². The maximum atomic E-state index is 11.7. The van der Waals surface area contributed by atoms with Crippen molar-refractivity contribution in [2.45, 2.75) is 0 Å². The highest BCUT2D eigenvalue weighted by atomic mass is 16.6. The van der Waals surface area contributed by atoms with Crippen LogP contribution in [0.3, 0.4) is 0 Å². The predicted molar refractivity (Wildman–Crippen MR) is 61.3 cm³/mol. The molecule has 8 heteroatoms. The molecule has 92 valence electrons. The van der Waals surface area contributed by atoms with Crippen LogP contribution >= 0.6 is 0 Å². The van der Waals surface area contributed by atoms with E-state index in [9.17, 15) is 20.0 Å². The normalized spacial score (nSPS) is 10.0. The van der Waals surface area contributed by atoms with Gasteiger partial charge in [0.25, 0.3) is 11.6 Å². The smallest absolute Gasteiger partial charge is 0.296 e. The Morgan fingerprint density at radius 1 is 1.50 bits per heavy atom. The summed E-state index contributed by atoms with van der Waals surface area (Å²) in [6.45, 7) is 0. The fourth-order valence-electron chi connectivity index (χ4n) is 1.35. The lowest BCUT2D eigenvalue weighted by atomic mass is 10.2. The first kappa shape index (κ1) is 11.6. The average molecular weight is 248 g/mol. The number of nitro benzene ring substituents is 1. The number of phenols is 1. The van der Waals surface area contributed by atoms with Gasteiger partial charge in [0.15, 0.2) is 0 Å². The molecular formula is C10H8N4O4. The molecule has 2 aromatic rings. The van der Waals surface area contributed by atoms with E-state index >= 15 is 0 Å². The molecule has 0 radical (unpaired) electrons. The molecule has 3 N–H and O–H groups in total. The van der Waals surface area contributed by atoms with E-state index in [1.54, 1.807) is 0 Å². The molecule has 0 aliphatic carbocycles. The Kier molecular flexibility index (Phi) is 2.92. The lowest BCUT2D eigenvalue weighted by Gasteiger charge is -2.04. The fourth-order valence-corrected chi connectivity index (χ4v) is 1.35. The summed E-state index contributed by atoms with van der Waals surface area (Å²) in [5, 5.41) is 28.4. The zero-order valence-electron chi connectivity index (χ0n) is 8.95. The maximum absolute atomic E-state index is 11.7. The highest BCUT2D eigenvalue weighted by molar-refractivity contribution is 6.05. The van der Waals surface area contributed by atoms with Crippen LogP contribution in [0.2, 0.25) is 0 Å². The number of benzene rings is 1. The Morgan fingerprint density at radius 3 is 2.89 bits per heavy atom. The maximum Gasteiger partial charge on any atom is 0.296 e. The quantitative estimate of drug-likeness (QED) is 0.429. The number of carbonyl (C=O) groups is 1. The number of anilines is 1. The topological polar surface area (TPSA) is 121 Å². The number of nitro groups is 1. The molecule has 8 nitrogen and oxygen atoms in total. The predicted octanol–water partition coefficient (Wildman–Crippen LogP) is 1.28. The second-order valence-electron chi connectivity index (χ2n) is 3.40. The number of rotatable bonds is 3. The zero-order chi connectivity index (χ0) is 13.1. The van der Waals surface area contributed by atoms with Crippen molar-refractivity contribution in [3.63, 3.8) is 0 Å². The number of nitrogens with zero attached hydrogens (tertiary/aromatic N) is 2. The fraction of sp³-hybridized carbons (Fsp3) is 0. The van der Waals surface area contributed by atoms with E-state index in [0.29, 0.717) is 0 Å². The Hall–Kier alpha value is -2.90. The number of phenolic OH excluding ortho intramolecular Hbond substituents is 1. The summed E-state index contributed by atoms with van der Waals surface area (Å²) in [4.78, 5) is 21.8. The molecule has 1 aromatic heterocycles. The molecule has 1 aromatic carbocycles. The monoisotopic (exact) mass is 248 g/mol. The summed E-state index contributed by atoms with van der Waals surface area (Å²) in [5.74, 6) is -0.777. The minimum Gasteiger partial charge on any atom is -0.508 e. The Balaban J connectivity index is 2.29. The van der Waals surface area contributed by atoms with Gasteiger partial charge in [-0.15, -0.1) is 0 Å². The minimum absolute atomic E-state index is 0.00370. The molecule has 0 aliphatic rings. The summed E-state index contributed by atoms with van der Waals surface area (Å²) in [5.41, 5.74) is -0.131. The second kappa shape index (κ2) is 4.53. The van der Waals surface area contributed by atoms with E-state index in [4.69, 9.17) is 0 Å². The molecule has 18 heavy (non-hydrogen) atoms. The molecule has 0 aliphatic heterocycles. The summed E-state index contributed by atoms with van der Waals surface area (Å²) >= 11 is 0. The van der Waals surface area contributed by atoms with Crippen molar-refractivity contribution in [1.29, 1.82) is 0 Å². The van der Waals surface area contributed by atoms with Gasteiger partial charge in [0.05, 0.1) is 22.7 Å². The zero-order valence-corrected chi connectivity index (χ0v) is 8.95. The van der Waals surface area contributed by atoms with Crippen LogP contribution in [0.1, 0.15) is 10.4 Å². The van der Waals surface area contributed by atoms with Crippen molar-refractivity contribution in [2.75, 3.05) is 5.32 Å². The number of hydrogen-bond donors (Lipinski definition) is 3. The van der Waals surface area contributed by atoms with Crippen molar-refractivity contribution < 1.29 is 14.8 Å². The van der Waals surface area contributed by atoms with E-state index in [1.165, 1.54) is 24.5 Å². The van der Waals surface area contributed by atoms with Gasteiger partial charge >= 0.3 is 0 Å². The lowest BCUT2D eigenvalue weighted by molar-refractivity contribution is -0.384. The van der Waals surface area contributed by atoms with Gasteiger partial charge in [0.2, 0.25) is 0 Å². The van der Waals surface area contributed by atoms with Gasteiger partial charge in [-0.2, -0.15) is 5.10 Å². The standard InChI is InChI=1S/C10H8N4O4/c15-7-1-2-8(9(3-7)14(17)18)13-10(16)6-4-11-12-5-6/h1-5,15H,(H,11,12)(H,13,16). The van der Waals surface area contributed by atoms with Gasteiger partial charge < -0.3 is 10.4 Å². The van der Waals surface area contributed by atoms with Crippen LogP contribution in [0.15, 0.2) is 30.6 Å². The van der Waals surface area contributed by atoms with E-state index in [2.05, 4.69) is 15.5 Å². The van der Waals surface area contributed by atoms with Gasteiger partial charge in [0.1, 0.15) is 11.4 Å². The Labute approximate surface area is 100 Å². The highest BCUT2D eigenvalue weighted by Gasteiger charge is 2.17. The molecule has 0 bridgehead atoms. The number of H-pyrrole nitrogens is 1. The summed E-state index contributed by atoms with van der Waals surface area (Å²) in [6, 6.07) is 3.47. The third-order valence-corrected chi connectivity index (χ3v) is 2.19. The Bertz CT molecular complexity index is 594. The summed E-state index contributed by atoms with van der Waals surface area (Å²) in [7, 11) is 0. The van der Waals surface area contributed by atoms with Gasteiger partial charge in [0, 0.05) is 6.20 Å². The third kappa shape index (κ3) is 2.26. The number of amides is 1. The van der Waals surface area contributed by atoms with Crippen LogP contribution in [0.5, 0.6) is 5.75 Å². The second-order valence-corrected chi connectivity index (χ2v) is 3.40. The lowest BCUT2D eigenvalue weighted by Crippen LogP contribution is -2.12. The van der Waals surface area contributed by atoms with Crippen LogP contribution in [-0.4, -0.2) is 26.1 Å². The van der Waals surface area contributed by atoms with Crippen molar-refractivity contribution >= 4 is 17.3 Å². The summed E-state index contributed by atoms with van der Waals surface area (Å²) < 4.78 is 0. The third-order valence-electron chi connectivity index (χ3n) is 2.19. The van der Waals surface area contributed by atoms with Crippen LogP contribution in [-0.2, 0) is 0 Å². The first-order valence-electron chi connectivity index (χ1n) is 4.85. The number of aromatic hydroxyl groups is 1. The van der Waals surface area contributed by atoms with Crippen molar-refractivity contribution in [3.05, 3.63) is 46.3 Å². The molecule has 0 saturated heterocycles. The minimum atomic E-state index is -0.690. The molecule has 1 heterocycles. The largest absolute Gasteiger partial charge is 0.508 e. The SMILES string of the molecule is O=C(Nc1ccc(O)cc1[N+](=O)[O-])c1cn[nH]c1. The first-order valence-corrected chi connectivity index (χ1v) is 4.85. The molecule has 2 rings (SSSR count). The van der Waals surface area contributed by atoms with Crippen LogP contribution in [0.25, 0.3) is 0 Å². The number of aromatic amines is 1. The van der Waals surface area contributed by atoms with Gasteiger partial charge in [-0.05, 0) is 12.1 Å². The highest BCUT2D eigenvalue weighted by Crippen LogP contribution is 2.28. The summed E-state index contributed by atoms with van der Waals surface area (Å²) in [6.07, 6.45) is 2.66. The molecule has 0 unspecified atom stereocenters. The first-order chi connectivity index (χ1) is 8.58. The molecule has 0 fully saturated rings. The van der Waals surface area contributed by atoms with Crippen LogP contribution in [0, 0.1) is 10.1 Å². The molecule has 1 amide bonds. The van der Waals surface area contributed by atoms with Gasteiger partial charge in [-0.25, -0.2) is 0 Å². The number of aromatic nitrogens is 2. The number of nitrogens with one attached hydrogen (secondary N) is 2. The van der Waals surface area contributed by atoms with E-state index in [0.717, 1.165) is 6.07 Å². The van der Waals surface area contributed by atoms with Gasteiger partial charge in [-0.3, -0.25) is 20.0 Å². The van der Waals surface area contributed by atoms with E-state index < -0.39 is 10.8 Å². The molecule has 0 spiro atoms. The van der Waals surface area contributed by atoms with Crippen LogP contribution in [0.4, 0.5) is 11.4 Å². The van der Waals surface area contributed by atoms with Crippen molar-refractivity contribution in [2.24, 2.45) is 0 Å². The molecule has 0 saturated carbocycles.